The Kier molecular flexibility index (Phi) is 4.05. The molecule has 0 bridgehead atoms. The van der Waals surface area contributed by atoms with Crippen LogP contribution in [0.4, 0.5) is 0 Å². The molecule has 118 valence electrons. The highest BCUT2D eigenvalue weighted by atomic mass is 16.5. The normalized spacial score (nSPS) is 16.9. The molecule has 0 aliphatic carbocycles. The molecule has 1 fully saturated rings. The van der Waals surface area contributed by atoms with Crippen molar-refractivity contribution in [3.05, 3.63) is 60.0 Å². The van der Waals surface area contributed by atoms with E-state index in [0.717, 1.165) is 61.6 Å². The topological polar surface area (TPSA) is 45.4 Å². The Hall–Kier alpha value is -2.24. The average Bonchev–Trinajstić information content (AvgIpc) is 3.01. The lowest BCUT2D eigenvalue weighted by Gasteiger charge is -2.34. The molecule has 23 heavy (non-hydrogen) atoms. The summed E-state index contributed by atoms with van der Waals surface area (Å²) < 4.78 is 5.40. The van der Waals surface area contributed by atoms with Gasteiger partial charge in [0.2, 0.25) is 0 Å². The van der Waals surface area contributed by atoms with Gasteiger partial charge in [0.15, 0.2) is 5.58 Å². The summed E-state index contributed by atoms with van der Waals surface area (Å²) in [6.07, 6.45) is 1.86. The molecule has 0 atom stereocenters. The third-order valence-electron chi connectivity index (χ3n) is 4.40. The number of para-hydroxylation sites is 1. The van der Waals surface area contributed by atoms with Crippen LogP contribution in [0, 0.1) is 0 Å². The van der Waals surface area contributed by atoms with Crippen LogP contribution >= 0.6 is 0 Å². The first-order chi connectivity index (χ1) is 11.4. The smallest absolute Gasteiger partial charge is 0.167 e. The number of pyridine rings is 1. The van der Waals surface area contributed by atoms with E-state index in [1.165, 1.54) is 0 Å². The highest BCUT2D eigenvalue weighted by Crippen LogP contribution is 2.20. The molecule has 0 radical (unpaired) electrons. The summed E-state index contributed by atoms with van der Waals surface area (Å²) >= 11 is 0. The number of aromatic nitrogens is 2. The number of hydrogen-bond acceptors (Lipinski definition) is 5. The zero-order chi connectivity index (χ0) is 15.5. The van der Waals surface area contributed by atoms with E-state index in [2.05, 4.69) is 32.1 Å². The predicted molar refractivity (Wildman–Crippen MR) is 88.8 cm³/mol. The summed E-state index contributed by atoms with van der Waals surface area (Å²) in [4.78, 5) is 9.31. The molecular weight excluding hydrogens is 288 g/mol. The number of nitrogens with zero attached hydrogens (tertiary/aromatic N) is 4. The molecule has 3 heterocycles. The Morgan fingerprint density at radius 2 is 1.61 bits per heavy atom. The summed E-state index contributed by atoms with van der Waals surface area (Å²) in [6, 6.07) is 14.2. The summed E-state index contributed by atoms with van der Waals surface area (Å²) in [7, 11) is 0. The van der Waals surface area contributed by atoms with Gasteiger partial charge in [-0.05, 0) is 24.3 Å². The zero-order valence-corrected chi connectivity index (χ0v) is 13.1. The van der Waals surface area contributed by atoms with Gasteiger partial charge in [-0.1, -0.05) is 23.4 Å². The maximum Gasteiger partial charge on any atom is 0.167 e. The standard InChI is InChI=1S/C18H20N4O/c1-2-7-18-16(6-1)17(20-23-18)14-22-11-9-21(10-12-22)13-15-5-3-4-8-19-15/h1-8H,9-14H2. The van der Waals surface area contributed by atoms with Crippen LogP contribution in [0.3, 0.4) is 0 Å². The molecule has 5 heteroatoms. The molecule has 1 aliphatic heterocycles. The van der Waals surface area contributed by atoms with Crippen molar-refractivity contribution in [2.45, 2.75) is 13.1 Å². The summed E-state index contributed by atoms with van der Waals surface area (Å²) in [5, 5.41) is 5.36. The fourth-order valence-electron chi connectivity index (χ4n) is 3.09. The molecule has 0 N–H and O–H groups in total. The first-order valence-corrected chi connectivity index (χ1v) is 8.06. The van der Waals surface area contributed by atoms with E-state index >= 15 is 0 Å². The van der Waals surface area contributed by atoms with Crippen molar-refractivity contribution < 1.29 is 4.52 Å². The molecule has 1 aliphatic rings. The van der Waals surface area contributed by atoms with Gasteiger partial charge in [0, 0.05) is 50.9 Å². The maximum absolute atomic E-state index is 5.40. The second kappa shape index (κ2) is 6.48. The zero-order valence-electron chi connectivity index (χ0n) is 13.1. The second-order valence-electron chi connectivity index (χ2n) is 6.00. The van der Waals surface area contributed by atoms with E-state index in [9.17, 15) is 0 Å². The van der Waals surface area contributed by atoms with Crippen LogP contribution < -0.4 is 0 Å². The lowest BCUT2D eigenvalue weighted by molar-refractivity contribution is 0.119. The first kappa shape index (κ1) is 14.4. The SMILES string of the molecule is c1ccc(CN2CCN(Cc3noc4ccccc34)CC2)nc1. The van der Waals surface area contributed by atoms with E-state index in [1.54, 1.807) is 0 Å². The summed E-state index contributed by atoms with van der Waals surface area (Å²) in [5.74, 6) is 0. The van der Waals surface area contributed by atoms with Crippen LogP contribution in [0.1, 0.15) is 11.4 Å². The minimum Gasteiger partial charge on any atom is -0.356 e. The molecular formula is C18H20N4O. The Morgan fingerprint density at radius 1 is 0.870 bits per heavy atom. The van der Waals surface area contributed by atoms with E-state index in [4.69, 9.17) is 4.52 Å². The molecule has 1 aromatic carbocycles. The lowest BCUT2D eigenvalue weighted by atomic mass is 10.2. The number of piperazine rings is 1. The number of fused-ring (bicyclic) bond motifs is 1. The first-order valence-electron chi connectivity index (χ1n) is 8.06. The Labute approximate surface area is 135 Å². The van der Waals surface area contributed by atoms with Crippen LogP contribution in [-0.4, -0.2) is 46.1 Å². The van der Waals surface area contributed by atoms with Gasteiger partial charge in [-0.15, -0.1) is 0 Å². The van der Waals surface area contributed by atoms with Crippen molar-refractivity contribution in [2.75, 3.05) is 26.2 Å². The molecule has 0 amide bonds. The average molecular weight is 308 g/mol. The van der Waals surface area contributed by atoms with E-state index < -0.39 is 0 Å². The maximum atomic E-state index is 5.40. The Balaban J connectivity index is 1.35. The van der Waals surface area contributed by atoms with Crippen LogP contribution in [0.2, 0.25) is 0 Å². The summed E-state index contributed by atoms with van der Waals surface area (Å²) in [6.45, 7) is 6.01. The second-order valence-corrected chi connectivity index (χ2v) is 6.00. The van der Waals surface area contributed by atoms with Gasteiger partial charge in [-0.3, -0.25) is 14.8 Å². The van der Waals surface area contributed by atoms with Crippen molar-refractivity contribution in [3.8, 4) is 0 Å². The molecule has 0 spiro atoms. The van der Waals surface area contributed by atoms with E-state index in [0.29, 0.717) is 0 Å². The number of rotatable bonds is 4. The van der Waals surface area contributed by atoms with E-state index in [-0.39, 0.29) is 0 Å². The van der Waals surface area contributed by atoms with Crippen LogP contribution in [0.15, 0.2) is 53.2 Å². The lowest BCUT2D eigenvalue weighted by Crippen LogP contribution is -2.45. The fourth-order valence-corrected chi connectivity index (χ4v) is 3.09. The fraction of sp³-hybridized carbons (Fsp3) is 0.333. The van der Waals surface area contributed by atoms with Gasteiger partial charge in [0.25, 0.3) is 0 Å². The van der Waals surface area contributed by atoms with Gasteiger partial charge in [0.05, 0.1) is 5.69 Å². The van der Waals surface area contributed by atoms with Crippen LogP contribution in [-0.2, 0) is 13.1 Å². The third kappa shape index (κ3) is 3.25. The van der Waals surface area contributed by atoms with Gasteiger partial charge >= 0.3 is 0 Å². The van der Waals surface area contributed by atoms with Crippen molar-refractivity contribution in [3.63, 3.8) is 0 Å². The largest absolute Gasteiger partial charge is 0.356 e. The van der Waals surface area contributed by atoms with Crippen molar-refractivity contribution >= 4 is 11.0 Å². The summed E-state index contributed by atoms with van der Waals surface area (Å²) in [5.41, 5.74) is 3.05. The van der Waals surface area contributed by atoms with Gasteiger partial charge in [-0.25, -0.2) is 0 Å². The molecule has 0 unspecified atom stereocenters. The Bertz CT molecular complexity index is 763. The highest BCUT2D eigenvalue weighted by molar-refractivity contribution is 5.79. The van der Waals surface area contributed by atoms with Crippen LogP contribution in [0.5, 0.6) is 0 Å². The number of benzene rings is 1. The number of hydrogen-bond donors (Lipinski definition) is 0. The molecule has 1 saturated heterocycles. The predicted octanol–water partition coefficient (Wildman–Crippen LogP) is 2.54. The van der Waals surface area contributed by atoms with Crippen molar-refractivity contribution in [1.82, 2.24) is 19.9 Å². The third-order valence-corrected chi connectivity index (χ3v) is 4.40. The molecule has 5 nitrogen and oxygen atoms in total. The highest BCUT2D eigenvalue weighted by Gasteiger charge is 2.19. The van der Waals surface area contributed by atoms with Gasteiger partial charge < -0.3 is 4.52 Å². The van der Waals surface area contributed by atoms with Gasteiger partial charge in [-0.2, -0.15) is 0 Å². The van der Waals surface area contributed by atoms with Gasteiger partial charge in [0.1, 0.15) is 5.69 Å². The minimum atomic E-state index is 0.856. The molecule has 2 aromatic heterocycles. The van der Waals surface area contributed by atoms with Crippen molar-refractivity contribution in [1.29, 1.82) is 0 Å². The molecule has 4 rings (SSSR count). The minimum absolute atomic E-state index is 0.856. The van der Waals surface area contributed by atoms with Crippen LogP contribution in [0.25, 0.3) is 11.0 Å². The molecule has 0 saturated carbocycles. The Morgan fingerprint density at radius 3 is 2.39 bits per heavy atom. The quantitative estimate of drug-likeness (QED) is 0.741. The monoisotopic (exact) mass is 308 g/mol. The van der Waals surface area contributed by atoms with E-state index in [1.807, 2.05) is 36.5 Å². The van der Waals surface area contributed by atoms with Crippen molar-refractivity contribution in [2.24, 2.45) is 0 Å². The molecule has 3 aromatic rings.